The molecule has 1 aromatic heterocycles. The number of rotatable bonds is 6. The number of methoxy groups -OCH3 is 1. The summed E-state index contributed by atoms with van der Waals surface area (Å²) in [5, 5.41) is 8.25. The maximum atomic E-state index is 12.7. The third-order valence-electron chi connectivity index (χ3n) is 4.13. The van der Waals surface area contributed by atoms with Gasteiger partial charge < -0.3 is 10.1 Å². The summed E-state index contributed by atoms with van der Waals surface area (Å²) in [4.78, 5) is 25.2. The molecule has 6 nitrogen and oxygen atoms in total. The van der Waals surface area contributed by atoms with Crippen LogP contribution >= 0.6 is 0 Å². The van der Waals surface area contributed by atoms with Crippen molar-refractivity contribution in [2.45, 2.75) is 26.4 Å². The average Bonchev–Trinajstić information content (AvgIpc) is 2.69. The molecular formula is C20H21N3O3. The molecule has 2 aromatic carbocycles. The maximum absolute atomic E-state index is 12.7. The summed E-state index contributed by atoms with van der Waals surface area (Å²) in [6.07, 6.45) is 0.762. The standard InChI is InChI=1S/C20H21N3O3/c1-3-12-23-20(25)17-7-5-4-6-16(17)18(22-23)19(24)21-13-14-8-10-15(26-2)11-9-14/h4-11H,3,12-13H2,1-2H3,(H,21,24). The molecule has 1 amide bonds. The fraction of sp³-hybridized carbons (Fsp3) is 0.250. The van der Waals surface area contributed by atoms with E-state index in [1.807, 2.05) is 31.2 Å². The van der Waals surface area contributed by atoms with E-state index in [1.54, 1.807) is 31.4 Å². The second kappa shape index (κ2) is 7.82. The van der Waals surface area contributed by atoms with Gasteiger partial charge in [-0.25, -0.2) is 4.68 Å². The molecular weight excluding hydrogens is 330 g/mol. The zero-order valence-electron chi connectivity index (χ0n) is 14.9. The first-order chi connectivity index (χ1) is 12.6. The maximum Gasteiger partial charge on any atom is 0.274 e. The summed E-state index contributed by atoms with van der Waals surface area (Å²) in [6, 6.07) is 14.5. The van der Waals surface area contributed by atoms with E-state index < -0.39 is 0 Å². The smallest absolute Gasteiger partial charge is 0.274 e. The minimum atomic E-state index is -0.304. The molecule has 26 heavy (non-hydrogen) atoms. The lowest BCUT2D eigenvalue weighted by Gasteiger charge is -2.11. The first-order valence-electron chi connectivity index (χ1n) is 8.55. The van der Waals surface area contributed by atoms with Gasteiger partial charge in [0.05, 0.1) is 12.5 Å². The van der Waals surface area contributed by atoms with Crippen LogP contribution in [0.25, 0.3) is 10.8 Å². The minimum absolute atomic E-state index is 0.172. The van der Waals surface area contributed by atoms with Crippen LogP contribution in [0.5, 0.6) is 5.75 Å². The number of carbonyl (C=O) groups excluding carboxylic acids is 1. The Labute approximate surface area is 151 Å². The molecule has 0 atom stereocenters. The summed E-state index contributed by atoms with van der Waals surface area (Å²) in [6.45, 7) is 2.81. The monoisotopic (exact) mass is 351 g/mol. The summed E-state index contributed by atoms with van der Waals surface area (Å²) in [5.41, 5.74) is 1.04. The van der Waals surface area contributed by atoms with E-state index in [-0.39, 0.29) is 17.2 Å². The number of benzene rings is 2. The normalized spacial score (nSPS) is 10.7. The molecule has 0 bridgehead atoms. The molecule has 0 saturated heterocycles. The van der Waals surface area contributed by atoms with E-state index in [9.17, 15) is 9.59 Å². The Morgan fingerprint density at radius 3 is 2.46 bits per heavy atom. The molecule has 134 valence electrons. The number of nitrogens with zero attached hydrogens (tertiary/aromatic N) is 2. The van der Waals surface area contributed by atoms with Crippen LogP contribution in [0.3, 0.4) is 0 Å². The van der Waals surface area contributed by atoms with Gasteiger partial charge in [0.25, 0.3) is 11.5 Å². The molecule has 1 N–H and O–H groups in total. The van der Waals surface area contributed by atoms with Gasteiger partial charge in [-0.15, -0.1) is 0 Å². The number of ether oxygens (including phenoxy) is 1. The number of nitrogens with one attached hydrogen (secondary N) is 1. The Bertz CT molecular complexity index is 978. The topological polar surface area (TPSA) is 73.2 Å². The van der Waals surface area contributed by atoms with Crippen molar-refractivity contribution in [2.24, 2.45) is 0 Å². The average molecular weight is 351 g/mol. The van der Waals surface area contributed by atoms with E-state index in [1.165, 1.54) is 4.68 Å². The largest absolute Gasteiger partial charge is 0.497 e. The predicted octanol–water partition coefficient (Wildman–Crippen LogP) is 2.75. The lowest BCUT2D eigenvalue weighted by Crippen LogP contribution is -2.30. The van der Waals surface area contributed by atoms with E-state index >= 15 is 0 Å². The highest BCUT2D eigenvalue weighted by atomic mass is 16.5. The molecule has 0 fully saturated rings. The number of carbonyl (C=O) groups is 1. The number of amides is 1. The molecule has 3 rings (SSSR count). The summed E-state index contributed by atoms with van der Waals surface area (Å²) in [7, 11) is 1.61. The van der Waals surface area contributed by atoms with Crippen molar-refractivity contribution in [3.05, 3.63) is 70.1 Å². The Morgan fingerprint density at radius 2 is 1.81 bits per heavy atom. The lowest BCUT2D eigenvalue weighted by atomic mass is 10.1. The van der Waals surface area contributed by atoms with Gasteiger partial charge in [-0.1, -0.05) is 37.3 Å². The third kappa shape index (κ3) is 3.59. The third-order valence-corrected chi connectivity index (χ3v) is 4.13. The fourth-order valence-corrected chi connectivity index (χ4v) is 2.78. The van der Waals surface area contributed by atoms with Crippen molar-refractivity contribution in [3.63, 3.8) is 0 Å². The van der Waals surface area contributed by atoms with Crippen molar-refractivity contribution in [3.8, 4) is 5.75 Å². The number of fused-ring (bicyclic) bond motifs is 1. The second-order valence-electron chi connectivity index (χ2n) is 5.95. The van der Waals surface area contributed by atoms with E-state index in [0.717, 1.165) is 17.7 Å². The molecule has 0 radical (unpaired) electrons. The Kier molecular flexibility index (Phi) is 5.31. The Balaban J connectivity index is 1.89. The van der Waals surface area contributed by atoms with E-state index in [4.69, 9.17) is 4.74 Å². The molecule has 6 heteroatoms. The number of hydrogen-bond donors (Lipinski definition) is 1. The first kappa shape index (κ1) is 17.7. The van der Waals surface area contributed by atoms with Crippen molar-refractivity contribution in [1.29, 1.82) is 0 Å². The molecule has 0 unspecified atom stereocenters. The van der Waals surface area contributed by atoms with Gasteiger partial charge in [-0.05, 0) is 30.2 Å². The zero-order chi connectivity index (χ0) is 18.5. The minimum Gasteiger partial charge on any atom is -0.497 e. The molecule has 0 spiro atoms. The van der Waals surface area contributed by atoms with Crippen LogP contribution in [0, 0.1) is 0 Å². The number of hydrogen-bond acceptors (Lipinski definition) is 4. The molecule has 3 aromatic rings. The van der Waals surface area contributed by atoms with Crippen LogP contribution in [0.2, 0.25) is 0 Å². The molecule has 0 aliphatic carbocycles. The van der Waals surface area contributed by atoms with Gasteiger partial charge in [0.1, 0.15) is 5.75 Å². The van der Waals surface area contributed by atoms with Gasteiger partial charge >= 0.3 is 0 Å². The number of aromatic nitrogens is 2. The van der Waals surface area contributed by atoms with Crippen molar-refractivity contribution >= 4 is 16.7 Å². The van der Waals surface area contributed by atoms with Crippen LogP contribution in [0.15, 0.2) is 53.3 Å². The van der Waals surface area contributed by atoms with Crippen LogP contribution in [0.1, 0.15) is 29.4 Å². The van der Waals surface area contributed by atoms with Gasteiger partial charge in [0.15, 0.2) is 5.69 Å². The van der Waals surface area contributed by atoms with E-state index in [0.29, 0.717) is 23.9 Å². The molecule has 0 aliphatic heterocycles. The van der Waals surface area contributed by atoms with Crippen molar-refractivity contribution < 1.29 is 9.53 Å². The van der Waals surface area contributed by atoms with Crippen molar-refractivity contribution in [2.75, 3.05) is 7.11 Å². The first-order valence-corrected chi connectivity index (χ1v) is 8.55. The predicted molar refractivity (Wildman–Crippen MR) is 100 cm³/mol. The van der Waals surface area contributed by atoms with Crippen LogP contribution < -0.4 is 15.6 Å². The van der Waals surface area contributed by atoms with Crippen LogP contribution in [-0.4, -0.2) is 22.8 Å². The second-order valence-corrected chi connectivity index (χ2v) is 5.95. The van der Waals surface area contributed by atoms with Gasteiger partial charge in [-0.3, -0.25) is 9.59 Å². The molecule has 0 saturated carbocycles. The quantitative estimate of drug-likeness (QED) is 0.741. The Hall–Kier alpha value is -3.15. The fourth-order valence-electron chi connectivity index (χ4n) is 2.78. The van der Waals surface area contributed by atoms with Gasteiger partial charge in [0.2, 0.25) is 0 Å². The van der Waals surface area contributed by atoms with Crippen LogP contribution in [0.4, 0.5) is 0 Å². The van der Waals surface area contributed by atoms with E-state index in [2.05, 4.69) is 10.4 Å². The summed E-state index contributed by atoms with van der Waals surface area (Å²) >= 11 is 0. The number of aryl methyl sites for hydroxylation is 1. The van der Waals surface area contributed by atoms with Gasteiger partial charge in [-0.2, -0.15) is 5.10 Å². The van der Waals surface area contributed by atoms with Gasteiger partial charge in [0, 0.05) is 18.5 Å². The highest BCUT2D eigenvalue weighted by molar-refractivity contribution is 6.04. The van der Waals surface area contributed by atoms with Crippen LogP contribution in [-0.2, 0) is 13.1 Å². The molecule has 0 aliphatic rings. The Morgan fingerprint density at radius 1 is 1.12 bits per heavy atom. The lowest BCUT2D eigenvalue weighted by molar-refractivity contribution is 0.0945. The zero-order valence-corrected chi connectivity index (χ0v) is 14.9. The SMILES string of the molecule is CCCn1nc(C(=O)NCc2ccc(OC)cc2)c2ccccc2c1=O. The highest BCUT2D eigenvalue weighted by Gasteiger charge is 2.16. The molecule has 1 heterocycles. The summed E-state index contributed by atoms with van der Waals surface area (Å²) in [5.74, 6) is 0.459. The summed E-state index contributed by atoms with van der Waals surface area (Å²) < 4.78 is 6.50. The highest BCUT2D eigenvalue weighted by Crippen LogP contribution is 2.14. The van der Waals surface area contributed by atoms with Crippen molar-refractivity contribution in [1.82, 2.24) is 15.1 Å².